The third kappa shape index (κ3) is 4.17. The molecule has 0 saturated carbocycles. The van der Waals surface area contributed by atoms with Crippen molar-refractivity contribution >= 4 is 17.2 Å². The summed E-state index contributed by atoms with van der Waals surface area (Å²) in [5.74, 6) is -0.377. The number of carbonyl (C=O) groups is 1. The topological polar surface area (TPSA) is 51.2 Å². The van der Waals surface area contributed by atoms with E-state index < -0.39 is 24.0 Å². The Kier molecular flexibility index (Phi) is 5.30. The van der Waals surface area contributed by atoms with Crippen LogP contribution >= 0.6 is 11.3 Å². The second kappa shape index (κ2) is 6.33. The first kappa shape index (κ1) is 15.9. The molecule has 1 N–H and O–H groups in total. The second-order valence-corrected chi connectivity index (χ2v) is 4.81. The number of amides is 1. The monoisotopic (exact) mass is 296 g/mol. The van der Waals surface area contributed by atoms with Crippen LogP contribution in [0.25, 0.3) is 0 Å². The Morgan fingerprint density at radius 2 is 2.21 bits per heavy atom. The van der Waals surface area contributed by atoms with Gasteiger partial charge in [0.05, 0.1) is 6.04 Å². The highest BCUT2D eigenvalue weighted by Crippen LogP contribution is 2.32. The summed E-state index contributed by atoms with van der Waals surface area (Å²) in [5, 5.41) is 3.81. The molecule has 8 heteroatoms. The lowest BCUT2D eigenvalue weighted by atomic mass is 10.2. The Balaban J connectivity index is 2.81. The van der Waals surface area contributed by atoms with Gasteiger partial charge in [0.25, 0.3) is 0 Å². The Morgan fingerprint density at radius 3 is 2.63 bits per heavy atom. The number of thiazole rings is 1. The van der Waals surface area contributed by atoms with Gasteiger partial charge < -0.3 is 10.1 Å². The molecule has 0 aliphatic carbocycles. The van der Waals surface area contributed by atoms with Crippen LogP contribution in [0.1, 0.15) is 37.0 Å². The van der Waals surface area contributed by atoms with Crippen molar-refractivity contribution in [1.82, 2.24) is 10.3 Å². The van der Waals surface area contributed by atoms with Crippen LogP contribution in [0.5, 0.6) is 0 Å². The van der Waals surface area contributed by atoms with Gasteiger partial charge in [-0.25, -0.2) is 4.98 Å². The van der Waals surface area contributed by atoms with Gasteiger partial charge in [-0.1, -0.05) is 6.92 Å². The Bertz CT molecular complexity index is 434. The molecule has 1 rings (SSSR count). The minimum atomic E-state index is -4.46. The van der Waals surface area contributed by atoms with E-state index in [9.17, 15) is 18.0 Å². The summed E-state index contributed by atoms with van der Waals surface area (Å²) in [6.07, 6.45) is -4.67. The molecule has 2 unspecified atom stereocenters. The number of ether oxygens (including phenoxy) is 1. The average Bonchev–Trinajstić information content (AvgIpc) is 2.83. The first-order valence-corrected chi connectivity index (χ1v) is 6.53. The largest absolute Gasteiger partial charge is 0.434 e. The molecule has 1 aromatic rings. The van der Waals surface area contributed by atoms with Crippen LogP contribution in [0.4, 0.5) is 13.2 Å². The zero-order valence-electron chi connectivity index (χ0n) is 10.7. The highest BCUT2D eigenvalue weighted by atomic mass is 32.1. The molecule has 0 spiro atoms. The molecule has 0 saturated heterocycles. The lowest BCUT2D eigenvalue weighted by Gasteiger charge is -2.17. The van der Waals surface area contributed by atoms with Gasteiger partial charge >= 0.3 is 6.18 Å². The van der Waals surface area contributed by atoms with E-state index in [-0.39, 0.29) is 10.9 Å². The van der Waals surface area contributed by atoms with Crippen molar-refractivity contribution in [2.24, 2.45) is 0 Å². The summed E-state index contributed by atoms with van der Waals surface area (Å²) in [7, 11) is 1.39. The minimum absolute atomic E-state index is 0.242. The maximum Gasteiger partial charge on any atom is 0.434 e. The first-order chi connectivity index (χ1) is 8.79. The van der Waals surface area contributed by atoms with Crippen LogP contribution in [-0.4, -0.2) is 24.1 Å². The molecule has 0 radical (unpaired) electrons. The molecule has 19 heavy (non-hydrogen) atoms. The standard InChI is InChI=1S/C11H15F3N2O2S/c1-4-7(15-9(17)6(2)18-3)10-16-8(5-19-10)11(12,13)14/h5-7H,4H2,1-3H3,(H,15,17). The van der Waals surface area contributed by atoms with Crippen molar-refractivity contribution in [2.75, 3.05) is 7.11 Å². The van der Waals surface area contributed by atoms with Crippen molar-refractivity contribution in [1.29, 1.82) is 0 Å². The smallest absolute Gasteiger partial charge is 0.372 e. The summed E-state index contributed by atoms with van der Waals surface area (Å²) in [6.45, 7) is 3.32. The van der Waals surface area contributed by atoms with E-state index in [0.717, 1.165) is 16.7 Å². The quantitative estimate of drug-likeness (QED) is 0.909. The molecule has 0 aromatic carbocycles. The molecule has 1 heterocycles. The fourth-order valence-corrected chi connectivity index (χ4v) is 2.27. The van der Waals surface area contributed by atoms with Gasteiger partial charge in [0.1, 0.15) is 11.1 Å². The molecule has 0 aliphatic heterocycles. The van der Waals surface area contributed by atoms with Crippen molar-refractivity contribution in [3.05, 3.63) is 16.1 Å². The molecular formula is C11H15F3N2O2S. The molecule has 0 bridgehead atoms. The highest BCUT2D eigenvalue weighted by Gasteiger charge is 2.34. The van der Waals surface area contributed by atoms with Crippen LogP contribution in [0.15, 0.2) is 5.38 Å². The van der Waals surface area contributed by atoms with E-state index in [0.29, 0.717) is 6.42 Å². The van der Waals surface area contributed by atoms with Crippen molar-refractivity contribution in [2.45, 2.75) is 38.6 Å². The second-order valence-electron chi connectivity index (χ2n) is 3.92. The summed E-state index contributed by atoms with van der Waals surface area (Å²) in [5.41, 5.74) is -0.931. The summed E-state index contributed by atoms with van der Waals surface area (Å²) in [6, 6.07) is -0.536. The van der Waals surface area contributed by atoms with Crippen molar-refractivity contribution in [3.63, 3.8) is 0 Å². The van der Waals surface area contributed by atoms with Crippen LogP contribution in [0.3, 0.4) is 0 Å². The fourth-order valence-electron chi connectivity index (χ4n) is 1.31. The number of hydrogen-bond acceptors (Lipinski definition) is 4. The lowest BCUT2D eigenvalue weighted by molar-refractivity contribution is -0.140. The van der Waals surface area contributed by atoms with Gasteiger partial charge in [0.2, 0.25) is 5.91 Å². The zero-order chi connectivity index (χ0) is 14.6. The number of nitrogens with one attached hydrogen (secondary N) is 1. The van der Waals surface area contributed by atoms with E-state index in [1.165, 1.54) is 7.11 Å². The van der Waals surface area contributed by atoms with Gasteiger partial charge in [0, 0.05) is 12.5 Å². The van der Waals surface area contributed by atoms with Crippen LogP contribution in [-0.2, 0) is 15.7 Å². The van der Waals surface area contributed by atoms with Gasteiger partial charge in [0.15, 0.2) is 5.69 Å². The van der Waals surface area contributed by atoms with Crippen LogP contribution in [0.2, 0.25) is 0 Å². The fraction of sp³-hybridized carbons (Fsp3) is 0.636. The third-order valence-electron chi connectivity index (χ3n) is 2.56. The average molecular weight is 296 g/mol. The van der Waals surface area contributed by atoms with E-state index in [4.69, 9.17) is 4.74 Å². The number of nitrogens with zero attached hydrogens (tertiary/aromatic N) is 1. The predicted molar refractivity (Wildman–Crippen MR) is 64.8 cm³/mol. The third-order valence-corrected chi connectivity index (χ3v) is 3.52. The molecule has 2 atom stereocenters. The number of alkyl halides is 3. The van der Waals surface area contributed by atoms with Crippen LogP contribution in [0, 0.1) is 0 Å². The number of methoxy groups -OCH3 is 1. The highest BCUT2D eigenvalue weighted by molar-refractivity contribution is 7.09. The summed E-state index contributed by atoms with van der Waals surface area (Å²) < 4.78 is 42.2. The molecule has 0 fully saturated rings. The predicted octanol–water partition coefficient (Wildman–Crippen LogP) is 2.76. The Hall–Kier alpha value is -1.15. The molecule has 0 aliphatic rings. The van der Waals surface area contributed by atoms with E-state index >= 15 is 0 Å². The van der Waals surface area contributed by atoms with Gasteiger partial charge in [-0.2, -0.15) is 13.2 Å². The molecule has 1 aromatic heterocycles. The van der Waals surface area contributed by atoms with E-state index in [2.05, 4.69) is 10.3 Å². The van der Waals surface area contributed by atoms with E-state index in [1.54, 1.807) is 13.8 Å². The lowest BCUT2D eigenvalue weighted by Crippen LogP contribution is -2.36. The summed E-state index contributed by atoms with van der Waals surface area (Å²) in [4.78, 5) is 15.2. The molecule has 108 valence electrons. The van der Waals surface area contributed by atoms with Gasteiger partial charge in [-0.15, -0.1) is 11.3 Å². The first-order valence-electron chi connectivity index (χ1n) is 5.65. The number of carbonyl (C=O) groups excluding carboxylic acids is 1. The van der Waals surface area contributed by atoms with Crippen molar-refractivity contribution in [3.8, 4) is 0 Å². The Labute approximate surface area is 113 Å². The van der Waals surface area contributed by atoms with E-state index in [1.807, 2.05) is 0 Å². The van der Waals surface area contributed by atoms with Gasteiger partial charge in [-0.05, 0) is 13.3 Å². The molecule has 1 amide bonds. The molecular weight excluding hydrogens is 281 g/mol. The maximum atomic E-state index is 12.5. The van der Waals surface area contributed by atoms with Crippen LogP contribution < -0.4 is 5.32 Å². The Morgan fingerprint density at radius 1 is 1.58 bits per heavy atom. The normalized spacial score (nSPS) is 15.1. The number of hydrogen-bond donors (Lipinski definition) is 1. The van der Waals surface area contributed by atoms with Gasteiger partial charge in [-0.3, -0.25) is 4.79 Å². The number of halogens is 3. The van der Waals surface area contributed by atoms with Crippen molar-refractivity contribution < 1.29 is 22.7 Å². The number of rotatable bonds is 5. The summed E-state index contributed by atoms with van der Waals surface area (Å²) >= 11 is 0.884. The maximum absolute atomic E-state index is 12.5. The number of aromatic nitrogens is 1. The minimum Gasteiger partial charge on any atom is -0.372 e. The SMILES string of the molecule is CCC(NC(=O)C(C)OC)c1nc(C(F)(F)F)cs1. The zero-order valence-corrected chi connectivity index (χ0v) is 11.6. The molecule has 4 nitrogen and oxygen atoms in total.